The molecule has 0 radical (unpaired) electrons. The van der Waals surface area contributed by atoms with E-state index >= 15 is 0 Å². The molecule has 5 heteroatoms. The molecule has 1 amide bonds. The van der Waals surface area contributed by atoms with E-state index in [2.05, 4.69) is 15.3 Å². The maximum Gasteiger partial charge on any atom is 0.229 e. The van der Waals surface area contributed by atoms with E-state index in [1.165, 1.54) is 0 Å². The smallest absolute Gasteiger partial charge is 0.229 e. The maximum atomic E-state index is 11.6. The van der Waals surface area contributed by atoms with Gasteiger partial charge in [-0.25, -0.2) is 9.97 Å². The molecule has 0 bridgehead atoms. The number of carbonyl (C=O) groups excluding carboxylic acids is 1. The molecule has 1 aromatic heterocycles. The Bertz CT molecular complexity index is 595. The Morgan fingerprint density at radius 2 is 2.24 bits per heavy atom. The van der Waals surface area contributed by atoms with Gasteiger partial charge in [-0.2, -0.15) is 0 Å². The minimum absolute atomic E-state index is 0.00591. The quantitative estimate of drug-likeness (QED) is 0.888. The van der Waals surface area contributed by atoms with Gasteiger partial charge in [0.1, 0.15) is 0 Å². The topological polar surface area (TPSA) is 54.9 Å². The SMILES string of the molecule is O=C(Nc1ncc2c(Cl)cccc2n1)C1CC1. The normalized spacial score (nSPS) is 14.9. The summed E-state index contributed by atoms with van der Waals surface area (Å²) in [6, 6.07) is 5.45. The third kappa shape index (κ3) is 2.08. The highest BCUT2D eigenvalue weighted by molar-refractivity contribution is 6.35. The van der Waals surface area contributed by atoms with Gasteiger partial charge in [0.2, 0.25) is 11.9 Å². The van der Waals surface area contributed by atoms with Crippen molar-refractivity contribution in [1.82, 2.24) is 9.97 Å². The summed E-state index contributed by atoms with van der Waals surface area (Å²) in [5.41, 5.74) is 0.735. The second kappa shape index (κ2) is 3.96. The van der Waals surface area contributed by atoms with Crippen LogP contribution in [0, 0.1) is 5.92 Å². The average molecular weight is 248 g/mol. The number of amides is 1. The first-order valence-corrected chi connectivity index (χ1v) is 5.84. The lowest BCUT2D eigenvalue weighted by Gasteiger charge is -2.04. The number of aromatic nitrogens is 2. The molecule has 1 aromatic carbocycles. The molecule has 0 aliphatic heterocycles. The molecule has 1 N–H and O–H groups in total. The zero-order valence-corrected chi connectivity index (χ0v) is 9.74. The van der Waals surface area contributed by atoms with Crippen LogP contribution in [0.2, 0.25) is 5.02 Å². The van der Waals surface area contributed by atoms with Crippen molar-refractivity contribution in [2.24, 2.45) is 5.92 Å². The van der Waals surface area contributed by atoms with Crippen molar-refractivity contribution in [2.75, 3.05) is 5.32 Å². The first-order chi connectivity index (χ1) is 8.24. The van der Waals surface area contributed by atoms with Crippen LogP contribution in [0.1, 0.15) is 12.8 Å². The second-order valence-electron chi connectivity index (χ2n) is 4.13. The summed E-state index contributed by atoms with van der Waals surface area (Å²) in [6.45, 7) is 0. The van der Waals surface area contributed by atoms with Gasteiger partial charge in [-0.3, -0.25) is 10.1 Å². The molecule has 1 fully saturated rings. The number of anilines is 1. The molecule has 2 aromatic rings. The van der Waals surface area contributed by atoms with Crippen molar-refractivity contribution in [3.05, 3.63) is 29.4 Å². The van der Waals surface area contributed by atoms with Crippen molar-refractivity contribution in [3.63, 3.8) is 0 Å². The lowest BCUT2D eigenvalue weighted by molar-refractivity contribution is -0.117. The molecule has 0 saturated heterocycles. The zero-order valence-electron chi connectivity index (χ0n) is 8.98. The third-order valence-corrected chi connectivity index (χ3v) is 3.08. The van der Waals surface area contributed by atoms with Crippen LogP contribution in [0.3, 0.4) is 0 Å². The van der Waals surface area contributed by atoms with Crippen molar-refractivity contribution in [3.8, 4) is 0 Å². The number of hydrogen-bond acceptors (Lipinski definition) is 3. The van der Waals surface area contributed by atoms with Gasteiger partial charge < -0.3 is 0 Å². The molecule has 4 nitrogen and oxygen atoms in total. The largest absolute Gasteiger partial charge is 0.294 e. The molecule has 1 saturated carbocycles. The van der Waals surface area contributed by atoms with E-state index in [9.17, 15) is 4.79 Å². The van der Waals surface area contributed by atoms with Gasteiger partial charge in [0.05, 0.1) is 10.5 Å². The molecule has 0 spiro atoms. The Balaban J connectivity index is 1.93. The van der Waals surface area contributed by atoms with Crippen LogP contribution in [0.5, 0.6) is 0 Å². The standard InChI is InChI=1S/C12H10ClN3O/c13-9-2-1-3-10-8(9)6-14-12(15-10)16-11(17)7-4-5-7/h1-3,6-7H,4-5H2,(H,14,15,16,17). The molecule has 1 aliphatic rings. The summed E-state index contributed by atoms with van der Waals surface area (Å²) in [6.07, 6.45) is 3.56. The Morgan fingerprint density at radius 3 is 3.00 bits per heavy atom. The number of rotatable bonds is 2. The highest BCUT2D eigenvalue weighted by Crippen LogP contribution is 2.30. The first-order valence-electron chi connectivity index (χ1n) is 5.46. The van der Waals surface area contributed by atoms with Crippen LogP contribution >= 0.6 is 11.6 Å². The fraction of sp³-hybridized carbons (Fsp3) is 0.250. The minimum atomic E-state index is 0.00591. The van der Waals surface area contributed by atoms with Gasteiger partial charge in [-0.15, -0.1) is 0 Å². The Kier molecular flexibility index (Phi) is 2.44. The van der Waals surface area contributed by atoms with E-state index in [4.69, 9.17) is 11.6 Å². The maximum absolute atomic E-state index is 11.6. The van der Waals surface area contributed by atoms with Crippen molar-refractivity contribution in [1.29, 1.82) is 0 Å². The molecule has 86 valence electrons. The zero-order chi connectivity index (χ0) is 11.8. The number of carbonyl (C=O) groups is 1. The highest BCUT2D eigenvalue weighted by atomic mass is 35.5. The van der Waals surface area contributed by atoms with E-state index < -0.39 is 0 Å². The van der Waals surface area contributed by atoms with Crippen molar-refractivity contribution in [2.45, 2.75) is 12.8 Å². The lowest BCUT2D eigenvalue weighted by atomic mass is 10.2. The van der Waals surface area contributed by atoms with Crippen LogP contribution < -0.4 is 5.32 Å². The fourth-order valence-electron chi connectivity index (χ4n) is 1.64. The Hall–Kier alpha value is -1.68. The van der Waals surface area contributed by atoms with Crippen LogP contribution in [-0.2, 0) is 4.79 Å². The van der Waals surface area contributed by atoms with Gasteiger partial charge in [0.25, 0.3) is 0 Å². The number of fused-ring (bicyclic) bond motifs is 1. The number of nitrogens with one attached hydrogen (secondary N) is 1. The Labute approximate surface area is 103 Å². The fourth-order valence-corrected chi connectivity index (χ4v) is 1.86. The molecule has 1 heterocycles. The van der Waals surface area contributed by atoms with Gasteiger partial charge in [0.15, 0.2) is 0 Å². The van der Waals surface area contributed by atoms with Crippen LogP contribution in [-0.4, -0.2) is 15.9 Å². The number of nitrogens with zero attached hydrogens (tertiary/aromatic N) is 2. The minimum Gasteiger partial charge on any atom is -0.294 e. The molecular formula is C12H10ClN3O. The predicted molar refractivity (Wildman–Crippen MR) is 65.9 cm³/mol. The Morgan fingerprint density at radius 1 is 1.41 bits per heavy atom. The van der Waals surface area contributed by atoms with Crippen molar-refractivity contribution >= 4 is 34.4 Å². The van der Waals surface area contributed by atoms with Crippen LogP contribution in [0.25, 0.3) is 10.9 Å². The molecule has 1 aliphatic carbocycles. The molecule has 0 unspecified atom stereocenters. The molecule has 3 rings (SSSR count). The first kappa shape index (κ1) is 10.5. The summed E-state index contributed by atoms with van der Waals surface area (Å²) in [5.74, 6) is 0.497. The van der Waals surface area contributed by atoms with E-state index in [1.54, 1.807) is 12.3 Å². The molecular weight excluding hydrogens is 238 g/mol. The number of hydrogen-bond donors (Lipinski definition) is 1. The van der Waals surface area contributed by atoms with Crippen LogP contribution in [0.15, 0.2) is 24.4 Å². The lowest BCUT2D eigenvalue weighted by Crippen LogP contribution is -2.15. The number of halogens is 1. The van der Waals surface area contributed by atoms with E-state index in [1.807, 2.05) is 12.1 Å². The third-order valence-electron chi connectivity index (χ3n) is 2.76. The van der Waals surface area contributed by atoms with E-state index in [0.29, 0.717) is 11.0 Å². The monoisotopic (exact) mass is 247 g/mol. The van der Waals surface area contributed by atoms with E-state index in [0.717, 1.165) is 23.7 Å². The van der Waals surface area contributed by atoms with Gasteiger partial charge in [-0.05, 0) is 25.0 Å². The van der Waals surface area contributed by atoms with Gasteiger partial charge >= 0.3 is 0 Å². The summed E-state index contributed by atoms with van der Waals surface area (Å²) < 4.78 is 0. The summed E-state index contributed by atoms with van der Waals surface area (Å²) in [4.78, 5) is 19.9. The van der Waals surface area contributed by atoms with E-state index in [-0.39, 0.29) is 11.8 Å². The van der Waals surface area contributed by atoms with Gasteiger partial charge in [0, 0.05) is 17.5 Å². The molecule has 0 atom stereocenters. The summed E-state index contributed by atoms with van der Waals surface area (Å²) in [7, 11) is 0. The second-order valence-corrected chi connectivity index (χ2v) is 4.54. The van der Waals surface area contributed by atoms with Crippen LogP contribution in [0.4, 0.5) is 5.95 Å². The number of benzene rings is 1. The predicted octanol–water partition coefficient (Wildman–Crippen LogP) is 2.63. The summed E-state index contributed by atoms with van der Waals surface area (Å²) >= 11 is 6.01. The summed E-state index contributed by atoms with van der Waals surface area (Å²) in [5, 5.41) is 4.12. The van der Waals surface area contributed by atoms with Gasteiger partial charge in [-0.1, -0.05) is 17.7 Å². The van der Waals surface area contributed by atoms with Crippen molar-refractivity contribution < 1.29 is 4.79 Å². The molecule has 17 heavy (non-hydrogen) atoms. The average Bonchev–Trinajstić information content (AvgIpc) is 3.13. The highest BCUT2D eigenvalue weighted by Gasteiger charge is 2.30.